The summed E-state index contributed by atoms with van der Waals surface area (Å²) in [6.07, 6.45) is 4.02. The Bertz CT molecular complexity index is 341. The third kappa shape index (κ3) is 2.68. The lowest BCUT2D eigenvalue weighted by Crippen LogP contribution is -2.33. The maximum Gasteiger partial charge on any atom is 0.130 e. The van der Waals surface area contributed by atoms with Crippen LogP contribution in [-0.4, -0.2) is 16.5 Å². The number of halogens is 1. The van der Waals surface area contributed by atoms with E-state index in [4.69, 9.17) is 0 Å². The van der Waals surface area contributed by atoms with E-state index < -0.39 is 0 Å². The molecule has 2 rings (SSSR count). The van der Waals surface area contributed by atoms with E-state index >= 15 is 0 Å². The number of aromatic nitrogens is 2. The molecule has 1 saturated carbocycles. The van der Waals surface area contributed by atoms with Gasteiger partial charge in [-0.3, -0.25) is 0 Å². The summed E-state index contributed by atoms with van der Waals surface area (Å²) in [6.45, 7) is 5.24. The fourth-order valence-corrected chi connectivity index (χ4v) is 2.36. The van der Waals surface area contributed by atoms with Crippen molar-refractivity contribution in [2.75, 3.05) is 11.9 Å². The third-order valence-corrected chi connectivity index (χ3v) is 3.47. The van der Waals surface area contributed by atoms with Gasteiger partial charge >= 0.3 is 0 Å². The quantitative estimate of drug-likeness (QED) is 0.857. The third-order valence-electron chi connectivity index (χ3n) is 3.06. The summed E-state index contributed by atoms with van der Waals surface area (Å²) in [6, 6.07) is 1.93. The Kier molecular flexibility index (Phi) is 2.96. The van der Waals surface area contributed by atoms with Crippen LogP contribution in [-0.2, 0) is 0 Å². The van der Waals surface area contributed by atoms with Gasteiger partial charge in [-0.25, -0.2) is 9.97 Å². The average Bonchev–Trinajstić information content (AvgIpc) is 2.10. The molecule has 0 amide bonds. The van der Waals surface area contributed by atoms with Gasteiger partial charge in [0.25, 0.3) is 0 Å². The molecule has 0 saturated heterocycles. The topological polar surface area (TPSA) is 37.8 Å². The number of hydrogen-bond donors (Lipinski definition) is 1. The Morgan fingerprint density at radius 2 is 2.20 bits per heavy atom. The summed E-state index contributed by atoms with van der Waals surface area (Å²) in [5.74, 6) is 1.72. The lowest BCUT2D eigenvalue weighted by molar-refractivity contribution is 0.180. The van der Waals surface area contributed by atoms with Crippen LogP contribution in [0.2, 0.25) is 0 Å². The second-order valence-electron chi connectivity index (χ2n) is 4.64. The Morgan fingerprint density at radius 3 is 2.73 bits per heavy atom. The number of nitrogens with one attached hydrogen (secondary N) is 1. The molecule has 1 aromatic rings. The highest BCUT2D eigenvalue weighted by molar-refractivity contribution is 9.10. The van der Waals surface area contributed by atoms with Gasteiger partial charge in [-0.1, -0.05) is 13.3 Å². The van der Waals surface area contributed by atoms with Gasteiger partial charge in [0.15, 0.2) is 0 Å². The fourth-order valence-electron chi connectivity index (χ4n) is 1.88. The largest absolute Gasteiger partial charge is 0.369 e. The summed E-state index contributed by atoms with van der Waals surface area (Å²) < 4.78 is 0.844. The molecular weight excluding hydrogens is 254 g/mol. The van der Waals surface area contributed by atoms with Crippen molar-refractivity contribution in [3.8, 4) is 0 Å². The van der Waals surface area contributed by atoms with Gasteiger partial charge in [0, 0.05) is 12.6 Å². The Balaban J connectivity index is 1.98. The number of nitrogens with zero attached hydrogens (tertiary/aromatic N) is 2. The first-order valence-electron chi connectivity index (χ1n) is 5.32. The number of aryl methyl sites for hydroxylation is 1. The van der Waals surface area contributed by atoms with Gasteiger partial charge in [-0.2, -0.15) is 0 Å². The molecule has 0 atom stereocenters. The van der Waals surface area contributed by atoms with Gasteiger partial charge in [-0.15, -0.1) is 0 Å². The van der Waals surface area contributed by atoms with Crippen LogP contribution < -0.4 is 5.32 Å². The smallest absolute Gasteiger partial charge is 0.130 e. The van der Waals surface area contributed by atoms with Crippen molar-refractivity contribution in [2.45, 2.75) is 33.1 Å². The summed E-state index contributed by atoms with van der Waals surface area (Å²) in [4.78, 5) is 8.52. The monoisotopic (exact) mass is 269 g/mol. The van der Waals surface area contributed by atoms with Crippen LogP contribution >= 0.6 is 15.9 Å². The summed E-state index contributed by atoms with van der Waals surface area (Å²) >= 11 is 3.37. The molecular formula is C11H16BrN3. The van der Waals surface area contributed by atoms with E-state index in [9.17, 15) is 0 Å². The highest BCUT2D eigenvalue weighted by Gasteiger charge is 2.31. The van der Waals surface area contributed by atoms with E-state index in [2.05, 4.69) is 38.1 Å². The minimum atomic E-state index is 0.478. The van der Waals surface area contributed by atoms with Crippen molar-refractivity contribution < 1.29 is 0 Å². The standard InChI is InChI=1S/C11H16BrN3/c1-8-14-9(12)6-10(15-8)13-7-11(2)4-3-5-11/h6H,3-5,7H2,1-2H3,(H,13,14,15). The molecule has 1 aromatic heterocycles. The van der Waals surface area contributed by atoms with Crippen LogP contribution in [0, 0.1) is 12.3 Å². The highest BCUT2D eigenvalue weighted by atomic mass is 79.9. The molecule has 15 heavy (non-hydrogen) atoms. The van der Waals surface area contributed by atoms with E-state index in [1.54, 1.807) is 0 Å². The zero-order valence-corrected chi connectivity index (χ0v) is 10.8. The minimum absolute atomic E-state index is 0.478. The maximum atomic E-state index is 4.34. The van der Waals surface area contributed by atoms with Gasteiger partial charge in [0.05, 0.1) is 0 Å². The van der Waals surface area contributed by atoms with Crippen LogP contribution in [0.15, 0.2) is 10.7 Å². The van der Waals surface area contributed by atoms with Gasteiger partial charge < -0.3 is 5.32 Å². The molecule has 3 nitrogen and oxygen atoms in total. The normalized spacial score (nSPS) is 18.3. The van der Waals surface area contributed by atoms with Crippen molar-refractivity contribution in [3.05, 3.63) is 16.5 Å². The summed E-state index contributed by atoms with van der Waals surface area (Å²) in [5, 5.41) is 3.39. The van der Waals surface area contributed by atoms with Crippen molar-refractivity contribution in [2.24, 2.45) is 5.41 Å². The van der Waals surface area contributed by atoms with E-state index in [0.717, 1.165) is 22.8 Å². The Hall–Kier alpha value is -0.640. The molecule has 82 valence electrons. The van der Waals surface area contributed by atoms with Crippen molar-refractivity contribution in [3.63, 3.8) is 0 Å². The van der Waals surface area contributed by atoms with Crippen LogP contribution in [0.3, 0.4) is 0 Å². The number of anilines is 1. The molecule has 1 N–H and O–H groups in total. The van der Waals surface area contributed by atoms with E-state index in [1.807, 2.05) is 13.0 Å². The molecule has 1 fully saturated rings. The first-order valence-corrected chi connectivity index (χ1v) is 6.12. The molecule has 0 unspecified atom stereocenters. The molecule has 0 spiro atoms. The molecule has 4 heteroatoms. The lowest BCUT2D eigenvalue weighted by atomic mass is 9.70. The maximum absolute atomic E-state index is 4.34. The predicted octanol–water partition coefficient (Wildman–Crippen LogP) is 3.15. The van der Waals surface area contributed by atoms with E-state index in [0.29, 0.717) is 5.41 Å². The zero-order chi connectivity index (χ0) is 10.9. The molecule has 1 aliphatic carbocycles. The van der Waals surface area contributed by atoms with E-state index in [-0.39, 0.29) is 0 Å². The summed E-state index contributed by atoms with van der Waals surface area (Å²) in [5.41, 5.74) is 0.478. The molecule has 0 radical (unpaired) electrons. The lowest BCUT2D eigenvalue weighted by Gasteiger charge is -2.38. The number of hydrogen-bond acceptors (Lipinski definition) is 3. The second-order valence-corrected chi connectivity index (χ2v) is 5.45. The van der Waals surface area contributed by atoms with Crippen molar-refractivity contribution >= 4 is 21.7 Å². The highest BCUT2D eigenvalue weighted by Crippen LogP contribution is 2.40. The van der Waals surface area contributed by atoms with Gasteiger partial charge in [0.1, 0.15) is 16.2 Å². The van der Waals surface area contributed by atoms with Gasteiger partial charge in [0.2, 0.25) is 0 Å². The van der Waals surface area contributed by atoms with Crippen LogP contribution in [0.4, 0.5) is 5.82 Å². The second kappa shape index (κ2) is 4.08. The molecule has 0 aliphatic heterocycles. The van der Waals surface area contributed by atoms with E-state index in [1.165, 1.54) is 19.3 Å². The van der Waals surface area contributed by atoms with Crippen LogP contribution in [0.25, 0.3) is 0 Å². The molecule has 1 aliphatic rings. The molecule has 0 bridgehead atoms. The zero-order valence-electron chi connectivity index (χ0n) is 9.18. The first kappa shape index (κ1) is 10.9. The van der Waals surface area contributed by atoms with Crippen LogP contribution in [0.5, 0.6) is 0 Å². The Labute approximate surface area is 98.8 Å². The SMILES string of the molecule is Cc1nc(Br)cc(NCC2(C)CCC2)n1. The van der Waals surface area contributed by atoms with Crippen LogP contribution in [0.1, 0.15) is 32.0 Å². The Morgan fingerprint density at radius 1 is 1.47 bits per heavy atom. The van der Waals surface area contributed by atoms with Crippen molar-refractivity contribution in [1.29, 1.82) is 0 Å². The predicted molar refractivity (Wildman–Crippen MR) is 64.9 cm³/mol. The average molecular weight is 270 g/mol. The fraction of sp³-hybridized carbons (Fsp3) is 0.636. The molecule has 0 aromatic carbocycles. The first-order chi connectivity index (χ1) is 7.07. The van der Waals surface area contributed by atoms with Gasteiger partial charge in [-0.05, 0) is 41.1 Å². The molecule has 1 heterocycles. The number of rotatable bonds is 3. The minimum Gasteiger partial charge on any atom is -0.369 e. The van der Waals surface area contributed by atoms with Crippen molar-refractivity contribution in [1.82, 2.24) is 9.97 Å². The summed E-state index contributed by atoms with van der Waals surface area (Å²) in [7, 11) is 0.